The molecule has 3 N–H and O–H groups in total. The van der Waals surface area contributed by atoms with Gasteiger partial charge < -0.3 is 0 Å². The minimum absolute atomic E-state index is 0.273. The van der Waals surface area contributed by atoms with E-state index >= 15 is 0 Å². The van der Waals surface area contributed by atoms with Crippen LogP contribution in [0.3, 0.4) is 0 Å². The zero-order chi connectivity index (χ0) is 11.5. The van der Waals surface area contributed by atoms with Crippen molar-refractivity contribution < 1.29 is 0 Å². The number of hydrogen-bond acceptors (Lipinski definition) is 2. The summed E-state index contributed by atoms with van der Waals surface area (Å²) in [5, 5.41) is 0. The molecule has 1 saturated carbocycles. The van der Waals surface area contributed by atoms with Crippen LogP contribution in [0.2, 0.25) is 0 Å². The first kappa shape index (κ1) is 13.0. The lowest BCUT2D eigenvalue weighted by Crippen LogP contribution is -2.50. The molecule has 1 rings (SSSR count). The third kappa shape index (κ3) is 3.46. The van der Waals surface area contributed by atoms with E-state index < -0.39 is 0 Å². The van der Waals surface area contributed by atoms with Crippen LogP contribution in [-0.4, -0.2) is 6.04 Å². The third-order valence-corrected chi connectivity index (χ3v) is 3.98. The van der Waals surface area contributed by atoms with Crippen molar-refractivity contribution in [1.82, 2.24) is 5.43 Å². The van der Waals surface area contributed by atoms with Gasteiger partial charge in [-0.05, 0) is 30.1 Å². The molecule has 0 aromatic heterocycles. The molecule has 0 aromatic rings. The molecule has 0 aromatic carbocycles. The lowest BCUT2D eigenvalue weighted by Gasteiger charge is -2.40. The second kappa shape index (κ2) is 5.31. The van der Waals surface area contributed by atoms with Gasteiger partial charge in [0.05, 0.1) is 0 Å². The Hall–Kier alpha value is -0.0800. The minimum atomic E-state index is 0.273. The Balaban J connectivity index is 2.60. The summed E-state index contributed by atoms with van der Waals surface area (Å²) in [4.78, 5) is 0. The van der Waals surface area contributed by atoms with Gasteiger partial charge in [0, 0.05) is 6.04 Å². The summed E-state index contributed by atoms with van der Waals surface area (Å²) >= 11 is 0. The van der Waals surface area contributed by atoms with E-state index in [1.807, 2.05) is 0 Å². The number of hydrogen-bond donors (Lipinski definition) is 2. The average Bonchev–Trinajstić information content (AvgIpc) is 2.17. The molecule has 1 aliphatic carbocycles. The van der Waals surface area contributed by atoms with Gasteiger partial charge in [-0.3, -0.25) is 11.3 Å². The van der Waals surface area contributed by atoms with Crippen LogP contribution in [0.25, 0.3) is 0 Å². The van der Waals surface area contributed by atoms with E-state index in [0.29, 0.717) is 6.04 Å². The van der Waals surface area contributed by atoms with E-state index in [1.165, 1.54) is 32.1 Å². The van der Waals surface area contributed by atoms with Crippen molar-refractivity contribution in [2.45, 2.75) is 65.8 Å². The Kier molecular flexibility index (Phi) is 4.60. The molecule has 2 nitrogen and oxygen atoms in total. The maximum Gasteiger partial charge on any atom is 0.0287 e. The predicted octanol–water partition coefficient (Wildman–Crippen LogP) is 3.08. The van der Waals surface area contributed by atoms with E-state index in [9.17, 15) is 0 Å². The summed E-state index contributed by atoms with van der Waals surface area (Å²) < 4.78 is 0. The van der Waals surface area contributed by atoms with Gasteiger partial charge in [-0.25, -0.2) is 0 Å². The van der Waals surface area contributed by atoms with Gasteiger partial charge >= 0.3 is 0 Å². The second-order valence-electron chi connectivity index (χ2n) is 6.21. The normalized spacial score (nSPS) is 30.2. The molecule has 15 heavy (non-hydrogen) atoms. The molecule has 3 unspecified atom stereocenters. The quantitative estimate of drug-likeness (QED) is 0.557. The third-order valence-electron chi connectivity index (χ3n) is 3.98. The summed E-state index contributed by atoms with van der Waals surface area (Å²) in [6.07, 6.45) is 6.86. The van der Waals surface area contributed by atoms with Crippen LogP contribution in [0.5, 0.6) is 0 Å². The number of hydrazine groups is 1. The molecule has 0 bridgehead atoms. The maximum absolute atomic E-state index is 5.73. The highest BCUT2D eigenvalue weighted by molar-refractivity contribution is 4.88. The van der Waals surface area contributed by atoms with E-state index in [1.54, 1.807) is 0 Å². The molecule has 90 valence electrons. The molecule has 0 saturated heterocycles. The number of rotatable bonds is 3. The lowest BCUT2D eigenvalue weighted by atomic mass is 9.70. The fraction of sp³-hybridized carbons (Fsp3) is 1.00. The first-order chi connectivity index (χ1) is 6.99. The molecule has 3 atom stereocenters. The van der Waals surface area contributed by atoms with Crippen molar-refractivity contribution in [3.05, 3.63) is 0 Å². The van der Waals surface area contributed by atoms with Crippen molar-refractivity contribution in [1.29, 1.82) is 0 Å². The molecule has 1 aliphatic rings. The number of nitrogens with one attached hydrogen (secondary N) is 1. The van der Waals surface area contributed by atoms with E-state index in [-0.39, 0.29) is 5.41 Å². The van der Waals surface area contributed by atoms with Crippen molar-refractivity contribution in [2.24, 2.45) is 23.1 Å². The van der Waals surface area contributed by atoms with Gasteiger partial charge in [0.25, 0.3) is 0 Å². The fourth-order valence-electron chi connectivity index (χ4n) is 3.10. The van der Waals surface area contributed by atoms with Gasteiger partial charge in [-0.1, -0.05) is 47.0 Å². The van der Waals surface area contributed by atoms with Gasteiger partial charge in [0.1, 0.15) is 0 Å². The topological polar surface area (TPSA) is 38.0 Å². The molecule has 1 fully saturated rings. The molecule has 0 aliphatic heterocycles. The standard InChI is InChI=1S/C13H28N2/c1-5-10-7-6-8-11(9-10)12(15-14)13(2,3)4/h10-12,15H,5-9,14H2,1-4H3. The van der Waals surface area contributed by atoms with Crippen LogP contribution in [0, 0.1) is 17.3 Å². The smallest absolute Gasteiger partial charge is 0.0287 e. The van der Waals surface area contributed by atoms with Crippen LogP contribution in [0.4, 0.5) is 0 Å². The van der Waals surface area contributed by atoms with Crippen molar-refractivity contribution in [3.8, 4) is 0 Å². The molecule has 0 spiro atoms. The molecule has 0 heterocycles. The maximum atomic E-state index is 5.73. The van der Waals surface area contributed by atoms with Crippen LogP contribution in [0.15, 0.2) is 0 Å². The predicted molar refractivity (Wildman–Crippen MR) is 66.3 cm³/mol. The van der Waals surface area contributed by atoms with E-state index in [0.717, 1.165) is 11.8 Å². The first-order valence-corrected chi connectivity index (χ1v) is 6.45. The second-order valence-corrected chi connectivity index (χ2v) is 6.21. The number of nitrogens with two attached hydrogens (primary N) is 1. The summed E-state index contributed by atoms with van der Waals surface area (Å²) in [7, 11) is 0. The highest BCUT2D eigenvalue weighted by Crippen LogP contribution is 2.37. The summed E-state index contributed by atoms with van der Waals surface area (Å²) in [6.45, 7) is 9.17. The van der Waals surface area contributed by atoms with E-state index in [4.69, 9.17) is 5.84 Å². The minimum Gasteiger partial charge on any atom is -0.271 e. The Morgan fingerprint density at radius 1 is 1.33 bits per heavy atom. The van der Waals surface area contributed by atoms with Gasteiger partial charge in [0.2, 0.25) is 0 Å². The van der Waals surface area contributed by atoms with Crippen LogP contribution >= 0.6 is 0 Å². The van der Waals surface area contributed by atoms with Crippen LogP contribution in [-0.2, 0) is 0 Å². The largest absolute Gasteiger partial charge is 0.271 e. The molecule has 2 heteroatoms. The summed E-state index contributed by atoms with van der Waals surface area (Å²) in [5.74, 6) is 7.43. The van der Waals surface area contributed by atoms with Crippen molar-refractivity contribution in [3.63, 3.8) is 0 Å². The average molecular weight is 212 g/mol. The Bertz CT molecular complexity index is 183. The van der Waals surface area contributed by atoms with Crippen LogP contribution in [0.1, 0.15) is 59.8 Å². The summed E-state index contributed by atoms with van der Waals surface area (Å²) in [5.41, 5.74) is 3.33. The SMILES string of the molecule is CCC1CCCC(C(NN)C(C)(C)C)C1. The molecule has 0 radical (unpaired) electrons. The highest BCUT2D eigenvalue weighted by Gasteiger charge is 2.34. The highest BCUT2D eigenvalue weighted by atomic mass is 15.2. The monoisotopic (exact) mass is 212 g/mol. The van der Waals surface area contributed by atoms with Crippen LogP contribution < -0.4 is 11.3 Å². The van der Waals surface area contributed by atoms with Gasteiger partial charge in [0.15, 0.2) is 0 Å². The zero-order valence-corrected chi connectivity index (χ0v) is 10.8. The van der Waals surface area contributed by atoms with E-state index in [2.05, 4.69) is 33.1 Å². The zero-order valence-electron chi connectivity index (χ0n) is 10.8. The first-order valence-electron chi connectivity index (χ1n) is 6.45. The van der Waals surface area contributed by atoms with Crippen molar-refractivity contribution >= 4 is 0 Å². The Labute approximate surface area is 95.0 Å². The molecular weight excluding hydrogens is 184 g/mol. The molecular formula is C13H28N2. The fourth-order valence-corrected chi connectivity index (χ4v) is 3.10. The molecule has 0 amide bonds. The van der Waals surface area contributed by atoms with Gasteiger partial charge in [-0.2, -0.15) is 0 Å². The lowest BCUT2D eigenvalue weighted by molar-refractivity contribution is 0.131. The summed E-state index contributed by atoms with van der Waals surface area (Å²) in [6, 6.07) is 0.465. The Morgan fingerprint density at radius 3 is 2.47 bits per heavy atom. The Morgan fingerprint density at radius 2 is 2.00 bits per heavy atom. The van der Waals surface area contributed by atoms with Crippen molar-refractivity contribution in [2.75, 3.05) is 0 Å². The van der Waals surface area contributed by atoms with Gasteiger partial charge in [-0.15, -0.1) is 0 Å².